The Kier molecular flexibility index (Phi) is 30.1. The summed E-state index contributed by atoms with van der Waals surface area (Å²) < 4.78 is 10.5. The van der Waals surface area contributed by atoms with E-state index in [4.69, 9.17) is 21.0 Å². The van der Waals surface area contributed by atoms with Crippen molar-refractivity contribution in [3.05, 3.63) is 0 Å². The fourth-order valence-corrected chi connectivity index (χ4v) is 2.51. The Bertz CT molecular complexity index is 411. The number of carbonyl (C=O) groups is 2. The third-order valence-corrected chi connectivity index (χ3v) is 3.80. The fraction of sp³-hybridized carbons (Fsp3) is 0.826. The van der Waals surface area contributed by atoms with E-state index in [9.17, 15) is 9.59 Å². The SMILES string of the molecule is C#CCOCCC(=O)NCCCCCC.CC.CC(C)OC1CCN(C=O)C1.CO. The first-order valence-electron chi connectivity index (χ1n) is 11.1. The third kappa shape index (κ3) is 24.4. The molecule has 0 aliphatic carbocycles. The summed E-state index contributed by atoms with van der Waals surface area (Å²) >= 11 is 0. The molecule has 2 N–H and O–H groups in total. The van der Waals surface area contributed by atoms with E-state index in [1.54, 1.807) is 4.90 Å². The number of amides is 2. The molecule has 0 radical (unpaired) electrons. The van der Waals surface area contributed by atoms with Crippen molar-refractivity contribution in [3.8, 4) is 12.3 Å². The Morgan fingerprint density at radius 3 is 2.47 bits per heavy atom. The number of ether oxygens (including phenoxy) is 2. The Balaban J connectivity index is -0.000000428. The summed E-state index contributed by atoms with van der Waals surface area (Å²) in [5.74, 6) is 2.40. The summed E-state index contributed by atoms with van der Waals surface area (Å²) in [7, 11) is 1.00. The maximum atomic E-state index is 11.2. The molecule has 1 heterocycles. The number of nitrogens with one attached hydrogen (secondary N) is 1. The summed E-state index contributed by atoms with van der Waals surface area (Å²) in [5.41, 5.74) is 0. The highest BCUT2D eigenvalue weighted by molar-refractivity contribution is 5.75. The lowest BCUT2D eigenvalue weighted by Gasteiger charge is -2.14. The van der Waals surface area contributed by atoms with Gasteiger partial charge in [-0.2, -0.15) is 0 Å². The van der Waals surface area contributed by atoms with Gasteiger partial charge >= 0.3 is 0 Å². The lowest BCUT2D eigenvalue weighted by Crippen LogP contribution is -2.25. The second kappa shape index (κ2) is 27.4. The zero-order chi connectivity index (χ0) is 23.6. The van der Waals surface area contributed by atoms with Gasteiger partial charge in [-0.25, -0.2) is 0 Å². The predicted molar refractivity (Wildman–Crippen MR) is 123 cm³/mol. The minimum Gasteiger partial charge on any atom is -0.400 e. The first-order chi connectivity index (χ1) is 14.5. The summed E-state index contributed by atoms with van der Waals surface area (Å²) in [5, 5.41) is 9.85. The quantitative estimate of drug-likeness (QED) is 0.282. The van der Waals surface area contributed by atoms with E-state index in [1.165, 1.54) is 19.3 Å². The van der Waals surface area contributed by atoms with E-state index in [0.29, 0.717) is 13.0 Å². The van der Waals surface area contributed by atoms with Crippen LogP contribution in [0.4, 0.5) is 0 Å². The average Bonchev–Trinajstić information content (AvgIpc) is 3.21. The molecule has 0 spiro atoms. The van der Waals surface area contributed by atoms with Crippen molar-refractivity contribution in [1.82, 2.24) is 10.2 Å². The van der Waals surface area contributed by atoms with Gasteiger partial charge in [0.1, 0.15) is 6.61 Å². The van der Waals surface area contributed by atoms with E-state index >= 15 is 0 Å². The number of aliphatic hydroxyl groups is 1. The number of terminal acetylenes is 1. The second-order valence-electron chi connectivity index (χ2n) is 6.61. The predicted octanol–water partition coefficient (Wildman–Crippen LogP) is 3.00. The van der Waals surface area contributed by atoms with Crippen molar-refractivity contribution in [2.45, 2.75) is 85.4 Å². The summed E-state index contributed by atoms with van der Waals surface area (Å²) in [6.45, 7) is 13.3. The van der Waals surface area contributed by atoms with Gasteiger partial charge < -0.3 is 24.8 Å². The molecular formula is C23H46N2O5. The van der Waals surface area contributed by atoms with Crippen LogP contribution in [0.5, 0.6) is 0 Å². The molecule has 1 unspecified atom stereocenters. The van der Waals surface area contributed by atoms with Gasteiger partial charge in [-0.05, 0) is 26.7 Å². The van der Waals surface area contributed by atoms with Gasteiger partial charge in [0.25, 0.3) is 0 Å². The van der Waals surface area contributed by atoms with Crippen LogP contribution < -0.4 is 5.32 Å². The normalized spacial score (nSPS) is 14.2. The van der Waals surface area contributed by atoms with Gasteiger partial charge in [0, 0.05) is 26.7 Å². The molecule has 30 heavy (non-hydrogen) atoms. The maximum Gasteiger partial charge on any atom is 0.222 e. The number of unbranched alkanes of at least 4 members (excludes halogenated alkanes) is 3. The first-order valence-corrected chi connectivity index (χ1v) is 11.1. The van der Waals surface area contributed by atoms with Gasteiger partial charge in [-0.1, -0.05) is 46.0 Å². The monoisotopic (exact) mass is 430 g/mol. The first kappa shape index (κ1) is 33.0. The van der Waals surface area contributed by atoms with Crippen LogP contribution in [-0.2, 0) is 19.1 Å². The minimum atomic E-state index is 0.0449. The number of rotatable bonds is 12. The fourth-order valence-electron chi connectivity index (χ4n) is 2.51. The largest absolute Gasteiger partial charge is 0.400 e. The van der Waals surface area contributed by atoms with Crippen molar-refractivity contribution in [3.63, 3.8) is 0 Å². The summed E-state index contributed by atoms with van der Waals surface area (Å²) in [6.07, 6.45) is 12.5. The second-order valence-corrected chi connectivity index (χ2v) is 6.61. The van der Waals surface area contributed by atoms with Crippen LogP contribution >= 0.6 is 0 Å². The Morgan fingerprint density at radius 2 is 1.97 bits per heavy atom. The molecular weight excluding hydrogens is 384 g/mol. The van der Waals surface area contributed by atoms with Crippen LogP contribution in [0.2, 0.25) is 0 Å². The van der Waals surface area contributed by atoms with Gasteiger partial charge in [0.05, 0.1) is 25.2 Å². The molecule has 1 fully saturated rings. The van der Waals surface area contributed by atoms with Crippen molar-refractivity contribution < 1.29 is 24.2 Å². The highest BCUT2D eigenvalue weighted by atomic mass is 16.5. The zero-order valence-electron chi connectivity index (χ0n) is 20.1. The lowest BCUT2D eigenvalue weighted by atomic mass is 10.2. The molecule has 1 saturated heterocycles. The van der Waals surface area contributed by atoms with Gasteiger partial charge in [-0.15, -0.1) is 6.42 Å². The Morgan fingerprint density at radius 1 is 1.30 bits per heavy atom. The standard InChI is InChI=1S/C12H21NO2.C8H15NO2.C2H6.CH4O/c1-3-5-6-7-9-13-12(14)8-11-15-10-4-2;1-7(2)11-8-3-4-9(5-8)6-10;2*1-2/h2H,3,5-11H2,1H3,(H,13,14);6-8H,3-5H2,1-2H3;1-2H3;2H,1H3. The number of likely N-dealkylation sites (tertiary alicyclic amines) is 1. The molecule has 178 valence electrons. The van der Waals surface area contributed by atoms with Crippen LogP contribution in [-0.4, -0.2) is 74.5 Å². The number of carbonyl (C=O) groups excluding carboxylic acids is 2. The van der Waals surface area contributed by atoms with Crippen LogP contribution in [0.15, 0.2) is 0 Å². The molecule has 7 nitrogen and oxygen atoms in total. The van der Waals surface area contributed by atoms with E-state index in [2.05, 4.69) is 18.2 Å². The van der Waals surface area contributed by atoms with Crippen LogP contribution in [0.3, 0.4) is 0 Å². The van der Waals surface area contributed by atoms with Crippen molar-refractivity contribution in [2.24, 2.45) is 0 Å². The van der Waals surface area contributed by atoms with E-state index in [-0.39, 0.29) is 24.7 Å². The molecule has 0 bridgehead atoms. The van der Waals surface area contributed by atoms with Gasteiger partial charge in [-0.3, -0.25) is 9.59 Å². The smallest absolute Gasteiger partial charge is 0.222 e. The molecule has 2 amide bonds. The molecule has 7 heteroatoms. The van der Waals surface area contributed by atoms with Crippen LogP contribution in [0, 0.1) is 12.3 Å². The highest BCUT2D eigenvalue weighted by Gasteiger charge is 2.22. The average molecular weight is 431 g/mol. The van der Waals surface area contributed by atoms with E-state index in [1.807, 2.05) is 27.7 Å². The maximum absolute atomic E-state index is 11.2. The van der Waals surface area contributed by atoms with E-state index < -0.39 is 0 Å². The van der Waals surface area contributed by atoms with Crippen LogP contribution in [0.25, 0.3) is 0 Å². The van der Waals surface area contributed by atoms with Crippen molar-refractivity contribution >= 4 is 12.3 Å². The Hall–Kier alpha value is -1.62. The highest BCUT2D eigenvalue weighted by Crippen LogP contribution is 2.12. The third-order valence-electron chi connectivity index (χ3n) is 3.80. The topological polar surface area (TPSA) is 88.1 Å². The van der Waals surface area contributed by atoms with Crippen LogP contribution in [0.1, 0.15) is 73.1 Å². The molecule has 0 aromatic carbocycles. The number of nitrogens with zero attached hydrogens (tertiary/aromatic N) is 1. The molecule has 0 aromatic heterocycles. The van der Waals surface area contributed by atoms with Gasteiger partial charge in [0.15, 0.2) is 0 Å². The van der Waals surface area contributed by atoms with Crippen molar-refractivity contribution in [1.29, 1.82) is 0 Å². The summed E-state index contributed by atoms with van der Waals surface area (Å²) in [6, 6.07) is 0. The van der Waals surface area contributed by atoms with Gasteiger partial charge in [0.2, 0.25) is 12.3 Å². The molecule has 0 saturated carbocycles. The zero-order valence-corrected chi connectivity index (χ0v) is 20.1. The molecule has 1 atom stereocenters. The molecule has 1 aliphatic heterocycles. The number of hydrogen-bond acceptors (Lipinski definition) is 5. The van der Waals surface area contributed by atoms with E-state index in [0.717, 1.165) is 46.0 Å². The molecule has 1 rings (SSSR count). The summed E-state index contributed by atoms with van der Waals surface area (Å²) in [4.78, 5) is 23.3. The number of aliphatic hydroxyl groups excluding tert-OH is 1. The van der Waals surface area contributed by atoms with Crippen molar-refractivity contribution in [2.75, 3.05) is 40.0 Å². The Labute approximate surface area is 184 Å². The molecule has 0 aromatic rings. The minimum absolute atomic E-state index is 0.0449. The molecule has 1 aliphatic rings. The number of hydrogen-bond donors (Lipinski definition) is 2. The lowest BCUT2D eigenvalue weighted by molar-refractivity contribution is -0.122.